The smallest absolute Gasteiger partial charge is 0.282 e. The molecule has 0 saturated heterocycles. The van der Waals surface area contributed by atoms with Crippen LogP contribution in [0.1, 0.15) is 12.5 Å². The normalized spacial score (nSPS) is 13.2. The van der Waals surface area contributed by atoms with Crippen LogP contribution in [-0.4, -0.2) is 33.1 Å². The zero-order chi connectivity index (χ0) is 19.4. The summed E-state index contributed by atoms with van der Waals surface area (Å²) < 4.78 is 39.9. The van der Waals surface area contributed by atoms with Crippen LogP contribution in [0.15, 0.2) is 36.4 Å². The molecule has 7 heteroatoms. The number of hydrogen-bond donors (Lipinski definition) is 2. The lowest BCUT2D eigenvalue weighted by Crippen LogP contribution is -3.12. The van der Waals surface area contributed by atoms with E-state index in [1.807, 2.05) is 50.3 Å². The number of hydrogen-bond acceptors (Lipinski definition) is 2. The number of benzene rings is 2. The Morgan fingerprint density at radius 1 is 1.08 bits per heavy atom. The molecule has 2 N–H and O–H groups in total. The molecule has 2 aromatic carbocycles. The zero-order valence-electron chi connectivity index (χ0n) is 15.2. The van der Waals surface area contributed by atoms with Crippen LogP contribution in [0.5, 0.6) is 0 Å². The number of nitrogens with one attached hydrogen (secondary N) is 2. The number of halogens is 3. The molecule has 0 saturated carbocycles. The van der Waals surface area contributed by atoms with Gasteiger partial charge in [0.15, 0.2) is 23.5 Å². The predicted molar refractivity (Wildman–Crippen MR) is 95.8 cm³/mol. The fourth-order valence-electron chi connectivity index (χ4n) is 2.47. The lowest BCUT2D eigenvalue weighted by molar-refractivity contribution is -0.907. The molecular formula is C19H23F3N3O+. The Hall–Kier alpha value is -2.54. The van der Waals surface area contributed by atoms with E-state index in [0.717, 1.165) is 28.3 Å². The average molecular weight is 366 g/mol. The van der Waals surface area contributed by atoms with E-state index in [9.17, 15) is 18.0 Å². The van der Waals surface area contributed by atoms with Crippen molar-refractivity contribution in [2.45, 2.75) is 19.5 Å². The molecule has 0 spiro atoms. The lowest BCUT2D eigenvalue weighted by atomic mass is 10.1. The Labute approximate surface area is 151 Å². The third-order valence-corrected chi connectivity index (χ3v) is 4.36. The Morgan fingerprint density at radius 3 is 2.27 bits per heavy atom. The summed E-state index contributed by atoms with van der Waals surface area (Å²) in [6, 6.07) is 9.22. The van der Waals surface area contributed by atoms with E-state index in [1.165, 1.54) is 0 Å². The minimum atomic E-state index is -1.60. The highest BCUT2D eigenvalue weighted by molar-refractivity contribution is 5.93. The van der Waals surface area contributed by atoms with Gasteiger partial charge in [-0.05, 0) is 31.2 Å². The Kier molecular flexibility index (Phi) is 6.26. The van der Waals surface area contributed by atoms with Crippen molar-refractivity contribution in [2.24, 2.45) is 0 Å². The van der Waals surface area contributed by atoms with Gasteiger partial charge in [0.2, 0.25) is 0 Å². The maximum absolute atomic E-state index is 13.7. The quantitative estimate of drug-likeness (QED) is 0.770. The number of nitrogens with zero attached hydrogens (tertiary/aromatic N) is 1. The van der Waals surface area contributed by atoms with Gasteiger partial charge >= 0.3 is 0 Å². The summed E-state index contributed by atoms with van der Waals surface area (Å²) in [4.78, 5) is 15.2. The molecule has 0 fully saturated rings. The molecule has 0 aliphatic carbocycles. The van der Waals surface area contributed by atoms with E-state index in [0.29, 0.717) is 6.54 Å². The third kappa shape index (κ3) is 4.54. The predicted octanol–water partition coefficient (Wildman–Crippen LogP) is 2.21. The minimum absolute atomic E-state index is 0.371. The number of rotatable bonds is 6. The van der Waals surface area contributed by atoms with Crippen molar-refractivity contribution in [3.05, 3.63) is 59.4 Å². The highest BCUT2D eigenvalue weighted by atomic mass is 19.2. The fourth-order valence-corrected chi connectivity index (χ4v) is 2.47. The second-order valence-electron chi connectivity index (χ2n) is 6.52. The van der Waals surface area contributed by atoms with E-state index in [2.05, 4.69) is 5.32 Å². The van der Waals surface area contributed by atoms with Gasteiger partial charge < -0.3 is 15.1 Å². The van der Waals surface area contributed by atoms with Crippen LogP contribution in [0.4, 0.5) is 24.5 Å². The molecule has 0 aliphatic heterocycles. The van der Waals surface area contributed by atoms with Gasteiger partial charge in [-0.2, -0.15) is 0 Å². The van der Waals surface area contributed by atoms with Gasteiger partial charge in [-0.3, -0.25) is 4.79 Å². The van der Waals surface area contributed by atoms with Crippen LogP contribution in [0, 0.1) is 17.5 Å². The minimum Gasteiger partial charge on any atom is -0.378 e. The van der Waals surface area contributed by atoms with Crippen LogP contribution < -0.4 is 15.1 Å². The zero-order valence-corrected chi connectivity index (χ0v) is 15.2. The van der Waals surface area contributed by atoms with Crippen LogP contribution in [0.2, 0.25) is 0 Å². The van der Waals surface area contributed by atoms with E-state index in [1.54, 1.807) is 6.92 Å². The molecule has 4 nitrogen and oxygen atoms in total. The summed E-state index contributed by atoms with van der Waals surface area (Å²) in [5.41, 5.74) is 1.75. The molecule has 0 heterocycles. The fraction of sp³-hybridized carbons (Fsp3) is 0.316. The Bertz CT molecular complexity index is 778. The Morgan fingerprint density at radius 2 is 1.69 bits per heavy atom. The van der Waals surface area contributed by atoms with Gasteiger partial charge in [0.05, 0.1) is 12.7 Å². The second kappa shape index (κ2) is 8.23. The van der Waals surface area contributed by atoms with Crippen molar-refractivity contribution < 1.29 is 22.9 Å². The van der Waals surface area contributed by atoms with E-state index < -0.39 is 29.4 Å². The van der Waals surface area contributed by atoms with Crippen molar-refractivity contribution in [2.75, 3.05) is 31.4 Å². The molecule has 0 aromatic heterocycles. The molecule has 2 aromatic rings. The molecule has 0 radical (unpaired) electrons. The van der Waals surface area contributed by atoms with Gasteiger partial charge in [0.25, 0.3) is 5.91 Å². The average Bonchev–Trinajstić information content (AvgIpc) is 2.61. The first-order valence-corrected chi connectivity index (χ1v) is 8.23. The molecule has 0 aliphatic rings. The van der Waals surface area contributed by atoms with Crippen molar-refractivity contribution in [3.63, 3.8) is 0 Å². The third-order valence-electron chi connectivity index (χ3n) is 4.36. The first-order chi connectivity index (χ1) is 12.2. The summed E-state index contributed by atoms with van der Waals surface area (Å²) in [7, 11) is 5.75. The van der Waals surface area contributed by atoms with Gasteiger partial charge in [-0.15, -0.1) is 0 Å². The number of carbonyl (C=O) groups excluding carboxylic acids is 1. The van der Waals surface area contributed by atoms with Crippen LogP contribution in [0.25, 0.3) is 0 Å². The monoisotopic (exact) mass is 366 g/mol. The summed E-state index contributed by atoms with van der Waals surface area (Å²) >= 11 is 0. The second-order valence-corrected chi connectivity index (χ2v) is 6.52. The van der Waals surface area contributed by atoms with Crippen LogP contribution >= 0.6 is 0 Å². The molecule has 26 heavy (non-hydrogen) atoms. The Balaban J connectivity index is 2.02. The number of carbonyl (C=O) groups is 1. The van der Waals surface area contributed by atoms with Gasteiger partial charge in [0, 0.05) is 25.3 Å². The molecular weight excluding hydrogens is 343 g/mol. The maximum Gasteiger partial charge on any atom is 0.282 e. The number of amides is 1. The number of quaternary nitrogens is 1. The summed E-state index contributed by atoms with van der Waals surface area (Å²) in [5, 5.41) is 2.32. The molecule has 1 unspecified atom stereocenters. The van der Waals surface area contributed by atoms with Crippen molar-refractivity contribution >= 4 is 17.3 Å². The van der Waals surface area contributed by atoms with Crippen molar-refractivity contribution in [3.8, 4) is 0 Å². The first kappa shape index (κ1) is 19.8. The topological polar surface area (TPSA) is 36.8 Å². The van der Waals surface area contributed by atoms with Crippen LogP contribution in [0.3, 0.4) is 0 Å². The SMILES string of the molecule is C[C@H](C(=O)Nc1ccc(F)c(F)c1F)[NH+](C)Cc1ccc(N(C)C)cc1. The summed E-state index contributed by atoms with van der Waals surface area (Å²) in [6.45, 7) is 2.28. The molecule has 0 bridgehead atoms. The maximum atomic E-state index is 13.7. The van der Waals surface area contributed by atoms with E-state index >= 15 is 0 Å². The highest BCUT2D eigenvalue weighted by Crippen LogP contribution is 2.19. The van der Waals surface area contributed by atoms with Gasteiger partial charge in [0.1, 0.15) is 6.54 Å². The van der Waals surface area contributed by atoms with Gasteiger partial charge in [-0.1, -0.05) is 12.1 Å². The molecule has 1 amide bonds. The number of likely N-dealkylation sites (N-methyl/N-ethyl adjacent to an activating group) is 1. The van der Waals surface area contributed by atoms with E-state index in [4.69, 9.17) is 0 Å². The lowest BCUT2D eigenvalue weighted by Gasteiger charge is -2.21. The summed E-state index contributed by atoms with van der Waals surface area (Å²) in [5.74, 6) is -4.77. The number of anilines is 2. The van der Waals surface area contributed by atoms with Crippen LogP contribution in [-0.2, 0) is 11.3 Å². The van der Waals surface area contributed by atoms with Crippen molar-refractivity contribution in [1.82, 2.24) is 0 Å². The molecule has 140 valence electrons. The molecule has 2 atom stereocenters. The van der Waals surface area contributed by atoms with E-state index in [-0.39, 0.29) is 5.69 Å². The molecule has 2 rings (SSSR count). The largest absolute Gasteiger partial charge is 0.378 e. The highest BCUT2D eigenvalue weighted by Gasteiger charge is 2.24. The standard InChI is InChI=1S/C19H22F3N3O/c1-12(19(26)23-16-10-9-15(20)17(21)18(16)22)25(4)11-13-5-7-14(8-6-13)24(2)3/h5-10,12H,11H2,1-4H3,(H,23,26)/p+1/t12-/m1/s1. The van der Waals surface area contributed by atoms with Crippen molar-refractivity contribution in [1.29, 1.82) is 0 Å². The van der Waals surface area contributed by atoms with Gasteiger partial charge in [-0.25, -0.2) is 13.2 Å². The first-order valence-electron chi connectivity index (χ1n) is 8.23. The summed E-state index contributed by atoms with van der Waals surface area (Å²) in [6.07, 6.45) is 0.